The van der Waals surface area contributed by atoms with E-state index in [9.17, 15) is 9.59 Å². The van der Waals surface area contributed by atoms with Gasteiger partial charge >= 0.3 is 5.97 Å². The first-order chi connectivity index (χ1) is 10.6. The van der Waals surface area contributed by atoms with Gasteiger partial charge in [0.05, 0.1) is 6.61 Å². The number of carbonyl (C=O) groups is 2. The predicted molar refractivity (Wildman–Crippen MR) is 84.1 cm³/mol. The summed E-state index contributed by atoms with van der Waals surface area (Å²) in [6.07, 6.45) is 5.65. The van der Waals surface area contributed by atoms with E-state index < -0.39 is 0 Å². The van der Waals surface area contributed by atoms with Gasteiger partial charge in [-0.3, -0.25) is 14.6 Å². The van der Waals surface area contributed by atoms with Gasteiger partial charge in [0.1, 0.15) is 0 Å². The van der Waals surface area contributed by atoms with E-state index in [-0.39, 0.29) is 11.9 Å². The Morgan fingerprint density at radius 3 is 2.18 bits per heavy atom. The van der Waals surface area contributed by atoms with Crippen LogP contribution < -0.4 is 5.73 Å². The minimum Gasteiger partial charge on any atom is -0.463 e. The summed E-state index contributed by atoms with van der Waals surface area (Å²) in [5.74, 6) is -0.528. The van der Waals surface area contributed by atoms with E-state index >= 15 is 0 Å². The zero-order chi connectivity index (χ0) is 15.9. The lowest BCUT2D eigenvalue weighted by atomic mass is 10.1. The molecule has 6 nitrogen and oxygen atoms in total. The van der Waals surface area contributed by atoms with Crippen molar-refractivity contribution in [1.29, 1.82) is 0 Å². The Morgan fingerprint density at radius 2 is 1.64 bits per heavy atom. The maximum atomic E-state index is 11.8. The number of rotatable bonds is 6. The van der Waals surface area contributed by atoms with Crippen molar-refractivity contribution in [1.82, 2.24) is 9.80 Å². The summed E-state index contributed by atoms with van der Waals surface area (Å²) in [6.45, 7) is 7.16. The Labute approximate surface area is 131 Å². The molecule has 0 aliphatic carbocycles. The number of nitrogens with zero attached hydrogens (tertiary/aromatic N) is 2. The van der Waals surface area contributed by atoms with Crippen LogP contribution >= 0.6 is 0 Å². The van der Waals surface area contributed by atoms with Gasteiger partial charge in [0, 0.05) is 50.4 Å². The van der Waals surface area contributed by atoms with Crippen molar-refractivity contribution in [2.24, 2.45) is 5.73 Å². The minimum atomic E-state index is -0.324. The Morgan fingerprint density at radius 1 is 1.09 bits per heavy atom. The summed E-state index contributed by atoms with van der Waals surface area (Å²) in [5.41, 5.74) is 6.80. The van der Waals surface area contributed by atoms with Crippen LogP contribution in [0, 0.1) is 0 Å². The fourth-order valence-electron chi connectivity index (χ4n) is 2.83. The second-order valence-electron chi connectivity index (χ2n) is 5.67. The van der Waals surface area contributed by atoms with Crippen molar-refractivity contribution in [3.63, 3.8) is 0 Å². The second kappa shape index (κ2) is 8.10. The lowest BCUT2D eigenvalue weighted by Gasteiger charge is -2.31. The molecule has 0 saturated heterocycles. The molecule has 0 atom stereocenters. The van der Waals surface area contributed by atoms with Crippen LogP contribution in [0.2, 0.25) is 0 Å². The average Bonchev–Trinajstić information content (AvgIpc) is 2.54. The van der Waals surface area contributed by atoms with Crippen LogP contribution in [0.3, 0.4) is 0 Å². The lowest BCUT2D eigenvalue weighted by molar-refractivity contribution is -0.139. The van der Waals surface area contributed by atoms with Crippen LogP contribution in [0.4, 0.5) is 0 Å². The summed E-state index contributed by atoms with van der Waals surface area (Å²) in [7, 11) is 0. The van der Waals surface area contributed by atoms with Gasteiger partial charge < -0.3 is 10.5 Å². The Hall–Kier alpha value is -1.66. The first-order valence-electron chi connectivity index (χ1n) is 7.90. The Kier molecular flexibility index (Phi) is 6.15. The van der Waals surface area contributed by atoms with Crippen molar-refractivity contribution < 1.29 is 14.3 Å². The molecule has 2 rings (SSSR count). The summed E-state index contributed by atoms with van der Waals surface area (Å²) in [6, 6.07) is 0. The second-order valence-corrected chi connectivity index (χ2v) is 5.67. The Bertz CT molecular complexity index is 485. The molecule has 0 spiro atoms. The molecule has 1 amide bonds. The minimum absolute atomic E-state index is 0.205. The summed E-state index contributed by atoms with van der Waals surface area (Å²) >= 11 is 0. The number of hydrogen-bond acceptors (Lipinski definition) is 5. The van der Waals surface area contributed by atoms with Crippen molar-refractivity contribution in [2.45, 2.75) is 19.8 Å². The zero-order valence-corrected chi connectivity index (χ0v) is 13.2. The van der Waals surface area contributed by atoms with Crippen LogP contribution in [-0.2, 0) is 14.3 Å². The molecule has 0 fully saturated rings. The van der Waals surface area contributed by atoms with E-state index in [0.29, 0.717) is 25.3 Å². The molecule has 22 heavy (non-hydrogen) atoms. The van der Waals surface area contributed by atoms with E-state index in [4.69, 9.17) is 10.5 Å². The highest BCUT2D eigenvalue weighted by Gasteiger charge is 2.21. The third kappa shape index (κ3) is 4.68. The fourth-order valence-corrected chi connectivity index (χ4v) is 2.83. The first kappa shape index (κ1) is 16.7. The highest BCUT2D eigenvalue weighted by atomic mass is 16.5. The van der Waals surface area contributed by atoms with Crippen LogP contribution in [-0.4, -0.2) is 67.6 Å². The maximum absolute atomic E-state index is 11.8. The van der Waals surface area contributed by atoms with Gasteiger partial charge in [-0.25, -0.2) is 4.79 Å². The summed E-state index contributed by atoms with van der Waals surface area (Å²) < 4.78 is 5.06. The van der Waals surface area contributed by atoms with E-state index in [1.807, 2.05) is 19.1 Å². The van der Waals surface area contributed by atoms with E-state index in [2.05, 4.69) is 9.80 Å². The lowest BCUT2D eigenvalue weighted by Crippen LogP contribution is -2.42. The van der Waals surface area contributed by atoms with Gasteiger partial charge in [-0.2, -0.15) is 0 Å². The molecule has 0 radical (unpaired) electrons. The van der Waals surface area contributed by atoms with E-state index in [0.717, 1.165) is 44.6 Å². The van der Waals surface area contributed by atoms with Crippen molar-refractivity contribution >= 4 is 11.9 Å². The molecule has 122 valence electrons. The SMILES string of the molecule is CCOC(=O)C1=CCCN(CCN2CCC=C(C(N)=O)C2)C1. The molecule has 2 heterocycles. The molecule has 0 aromatic heterocycles. The van der Waals surface area contributed by atoms with Crippen molar-refractivity contribution in [3.05, 3.63) is 23.3 Å². The molecule has 0 saturated carbocycles. The molecule has 0 bridgehead atoms. The number of primary amides is 1. The highest BCUT2D eigenvalue weighted by molar-refractivity contribution is 5.92. The fraction of sp³-hybridized carbons (Fsp3) is 0.625. The highest BCUT2D eigenvalue weighted by Crippen LogP contribution is 2.13. The first-order valence-corrected chi connectivity index (χ1v) is 7.90. The molecular weight excluding hydrogens is 282 g/mol. The topological polar surface area (TPSA) is 75.9 Å². The van der Waals surface area contributed by atoms with Crippen LogP contribution in [0.25, 0.3) is 0 Å². The molecule has 2 aliphatic heterocycles. The van der Waals surface area contributed by atoms with Gasteiger partial charge in [0.25, 0.3) is 0 Å². The van der Waals surface area contributed by atoms with Gasteiger partial charge in [0.2, 0.25) is 5.91 Å². The summed E-state index contributed by atoms with van der Waals surface area (Å²) in [4.78, 5) is 27.5. The van der Waals surface area contributed by atoms with Gasteiger partial charge in [-0.1, -0.05) is 12.2 Å². The molecule has 0 aromatic rings. The number of amides is 1. The normalized spacial score (nSPS) is 20.2. The van der Waals surface area contributed by atoms with Crippen LogP contribution in [0.5, 0.6) is 0 Å². The van der Waals surface area contributed by atoms with Crippen molar-refractivity contribution in [3.8, 4) is 0 Å². The largest absolute Gasteiger partial charge is 0.463 e. The number of ether oxygens (including phenoxy) is 1. The van der Waals surface area contributed by atoms with E-state index in [1.54, 1.807) is 0 Å². The number of hydrogen-bond donors (Lipinski definition) is 1. The van der Waals surface area contributed by atoms with Crippen molar-refractivity contribution in [2.75, 3.05) is 45.9 Å². The monoisotopic (exact) mass is 307 g/mol. The molecule has 2 aliphatic rings. The molecule has 0 aromatic carbocycles. The van der Waals surface area contributed by atoms with Crippen LogP contribution in [0.15, 0.2) is 23.3 Å². The maximum Gasteiger partial charge on any atom is 0.334 e. The summed E-state index contributed by atoms with van der Waals surface area (Å²) in [5, 5.41) is 0. The average molecular weight is 307 g/mol. The molecule has 6 heteroatoms. The Balaban J connectivity index is 1.78. The number of nitrogens with two attached hydrogens (primary N) is 1. The van der Waals surface area contributed by atoms with E-state index in [1.165, 1.54) is 0 Å². The quantitative estimate of drug-likeness (QED) is 0.714. The third-order valence-corrected chi connectivity index (χ3v) is 4.05. The molecule has 0 unspecified atom stereocenters. The van der Waals surface area contributed by atoms with Gasteiger partial charge in [-0.05, 0) is 19.8 Å². The standard InChI is InChI=1S/C16H25N3O3/c1-2-22-16(21)14-6-4-8-19(12-14)10-9-18-7-3-5-13(11-18)15(17)20/h5-6H,2-4,7-12H2,1H3,(H2,17,20). The zero-order valence-electron chi connectivity index (χ0n) is 13.2. The smallest absolute Gasteiger partial charge is 0.334 e. The van der Waals surface area contributed by atoms with Gasteiger partial charge in [-0.15, -0.1) is 0 Å². The molecule has 2 N–H and O–H groups in total. The van der Waals surface area contributed by atoms with Crippen LogP contribution in [0.1, 0.15) is 19.8 Å². The molecular formula is C16H25N3O3. The number of carbonyl (C=O) groups excluding carboxylic acids is 2. The predicted octanol–water partition coefficient (Wildman–Crippen LogP) is 0.299. The third-order valence-electron chi connectivity index (χ3n) is 4.05. The number of esters is 1. The van der Waals surface area contributed by atoms with Gasteiger partial charge in [0.15, 0.2) is 0 Å².